The second-order valence-corrected chi connectivity index (χ2v) is 29.6. The Morgan fingerprint density at radius 2 is 0.685 bits per heavy atom. The molecule has 0 rings (SSSR count). The van der Waals surface area contributed by atoms with Crippen LogP contribution in [0, 0.1) is 0 Å². The Kier molecular flexibility index (Phi) is 67.7. The average molecular weight is 1270 g/mol. The van der Waals surface area contributed by atoms with Gasteiger partial charge in [0, 0.05) is 12.8 Å². The summed E-state index contributed by atoms with van der Waals surface area (Å²) in [6.07, 6.45) is 87.2. The van der Waals surface area contributed by atoms with Gasteiger partial charge in [-0.15, -0.1) is 0 Å². The van der Waals surface area contributed by atoms with Crippen LogP contribution in [-0.4, -0.2) is 69.4 Å². The van der Waals surface area contributed by atoms with E-state index in [1.807, 2.05) is 33.3 Å². The molecular weight excluding hydrogens is 1120 g/mol. The maximum Gasteiger partial charge on any atom is 0.306 e. The van der Waals surface area contributed by atoms with E-state index >= 15 is 0 Å². The zero-order valence-electron chi connectivity index (χ0n) is 60.4. The minimum atomic E-state index is -4.71. The Labute approximate surface area is 555 Å². The van der Waals surface area contributed by atoms with Crippen molar-refractivity contribution in [1.82, 2.24) is 5.32 Å². The average Bonchev–Trinajstić information content (AvgIpc) is 3.64. The highest BCUT2D eigenvalue weighted by Crippen LogP contribution is 2.38. The van der Waals surface area contributed by atoms with Crippen molar-refractivity contribution >= 4 is 19.7 Å². The number of nitrogens with one attached hydrogen (secondary N) is 1. The predicted molar refractivity (Wildman–Crippen MR) is 386 cm³/mol. The highest BCUT2D eigenvalue weighted by molar-refractivity contribution is 7.45. The Morgan fingerprint density at radius 3 is 1.03 bits per heavy atom. The number of amides is 1. The summed E-state index contributed by atoms with van der Waals surface area (Å²) < 4.78 is 30.6. The van der Waals surface area contributed by atoms with E-state index in [1.54, 1.807) is 0 Å². The number of unbranched alkanes of at least 4 members (excludes halogenated alkanes) is 53. The Balaban J connectivity index is 4.94. The predicted octanol–water partition coefficient (Wildman–Crippen LogP) is 24.7. The maximum atomic E-state index is 13.6. The van der Waals surface area contributed by atoms with Gasteiger partial charge in [-0.3, -0.25) is 14.2 Å². The molecule has 0 aromatic carbocycles. The third-order valence-electron chi connectivity index (χ3n) is 18.1. The number of rotatable bonds is 73. The molecule has 0 spiro atoms. The van der Waals surface area contributed by atoms with E-state index in [1.165, 1.54) is 308 Å². The summed E-state index contributed by atoms with van der Waals surface area (Å²) in [7, 11) is 1.21. The van der Waals surface area contributed by atoms with Crippen molar-refractivity contribution in [2.24, 2.45) is 0 Å². The van der Waals surface area contributed by atoms with Gasteiger partial charge in [-0.25, -0.2) is 0 Å². The third-order valence-corrected chi connectivity index (χ3v) is 19.0. The van der Waals surface area contributed by atoms with Crippen LogP contribution in [0.4, 0.5) is 0 Å². The molecule has 10 heteroatoms. The molecule has 89 heavy (non-hydrogen) atoms. The van der Waals surface area contributed by atoms with Crippen LogP contribution >= 0.6 is 7.82 Å². The lowest BCUT2D eigenvalue weighted by Crippen LogP contribution is -2.47. The van der Waals surface area contributed by atoms with Gasteiger partial charge in [-0.1, -0.05) is 366 Å². The normalized spacial score (nSPS) is 13.6. The van der Waals surface area contributed by atoms with Gasteiger partial charge in [-0.05, 0) is 63.9 Å². The number of quaternary nitrogens is 1. The smallest absolute Gasteiger partial charge is 0.306 e. The molecule has 0 bridgehead atoms. The van der Waals surface area contributed by atoms with Gasteiger partial charge < -0.3 is 28.5 Å². The zero-order chi connectivity index (χ0) is 64.9. The molecule has 0 aliphatic rings. The summed E-state index contributed by atoms with van der Waals surface area (Å²) >= 11 is 0. The van der Waals surface area contributed by atoms with Crippen LogP contribution in [0.25, 0.3) is 0 Å². The van der Waals surface area contributed by atoms with Crippen LogP contribution in [0.3, 0.4) is 0 Å². The number of ether oxygens (including phenoxy) is 1. The lowest BCUT2D eigenvalue weighted by atomic mass is 10.0. The van der Waals surface area contributed by atoms with Crippen molar-refractivity contribution in [3.05, 3.63) is 36.5 Å². The maximum absolute atomic E-state index is 13.6. The standard InChI is InChI=1S/C79H153N2O7P/c1-7-10-13-16-19-22-25-28-30-32-34-36-38-39-40-41-43-45-47-49-51-54-57-60-63-66-69-72-79(83)88-77(70-67-64-61-58-55-52-27-24-21-18-15-12-9-3)76(75-87-89(84,85)86-74-73-81(4,5)6)80-78(82)71-68-65-62-59-56-53-50-48-46-44-42-37-35-33-31-29-26-23-20-17-14-11-8-2/h20,23,29,31,67,70,76-77H,7-19,21-22,24-28,30,32-66,68-69,71-75H2,1-6H3,(H-,80,82,84,85)/b23-20-,31-29-,70-67+. The lowest BCUT2D eigenvalue weighted by Gasteiger charge is -2.30. The summed E-state index contributed by atoms with van der Waals surface area (Å²) in [5.41, 5.74) is 0. The van der Waals surface area contributed by atoms with Crippen molar-refractivity contribution in [2.45, 2.75) is 418 Å². The zero-order valence-corrected chi connectivity index (χ0v) is 61.3. The first kappa shape index (κ1) is 87.2. The monoisotopic (exact) mass is 1270 g/mol. The molecule has 0 saturated heterocycles. The lowest BCUT2D eigenvalue weighted by molar-refractivity contribution is -0.870. The minimum Gasteiger partial charge on any atom is -0.756 e. The van der Waals surface area contributed by atoms with Gasteiger partial charge in [0.05, 0.1) is 33.8 Å². The van der Waals surface area contributed by atoms with Crippen molar-refractivity contribution in [2.75, 3.05) is 40.9 Å². The molecule has 0 fully saturated rings. The van der Waals surface area contributed by atoms with Gasteiger partial charge in [0.1, 0.15) is 19.3 Å². The fourth-order valence-corrected chi connectivity index (χ4v) is 12.8. The van der Waals surface area contributed by atoms with Crippen LogP contribution in [-0.2, 0) is 27.9 Å². The topological polar surface area (TPSA) is 114 Å². The van der Waals surface area contributed by atoms with Crippen molar-refractivity contribution in [1.29, 1.82) is 0 Å². The number of hydrogen-bond donors (Lipinski definition) is 1. The summed E-state index contributed by atoms with van der Waals surface area (Å²) in [6.45, 7) is 6.90. The van der Waals surface area contributed by atoms with Crippen molar-refractivity contribution in [3.8, 4) is 0 Å². The molecule has 0 radical (unpaired) electrons. The molecule has 0 heterocycles. The number of allylic oxidation sites excluding steroid dienone is 5. The number of nitrogens with zero attached hydrogens (tertiary/aromatic N) is 1. The van der Waals surface area contributed by atoms with E-state index in [9.17, 15) is 19.0 Å². The molecule has 9 nitrogen and oxygen atoms in total. The summed E-state index contributed by atoms with van der Waals surface area (Å²) in [4.78, 5) is 40.3. The Morgan fingerprint density at radius 1 is 0.393 bits per heavy atom. The van der Waals surface area contributed by atoms with Crippen LogP contribution in [0.5, 0.6) is 0 Å². The van der Waals surface area contributed by atoms with Crippen LogP contribution in [0.1, 0.15) is 406 Å². The van der Waals surface area contributed by atoms with Gasteiger partial charge in [0.25, 0.3) is 7.82 Å². The van der Waals surface area contributed by atoms with Gasteiger partial charge in [0.2, 0.25) is 5.91 Å². The van der Waals surface area contributed by atoms with Crippen LogP contribution in [0.2, 0.25) is 0 Å². The van der Waals surface area contributed by atoms with Gasteiger partial charge in [-0.2, -0.15) is 0 Å². The number of carbonyl (C=O) groups is 2. The van der Waals surface area contributed by atoms with E-state index in [-0.39, 0.29) is 31.5 Å². The van der Waals surface area contributed by atoms with Gasteiger partial charge in [0.15, 0.2) is 0 Å². The molecule has 0 aliphatic carbocycles. The molecule has 0 aromatic heterocycles. The molecule has 526 valence electrons. The Bertz CT molecular complexity index is 1610. The summed E-state index contributed by atoms with van der Waals surface area (Å²) in [5, 5.41) is 3.06. The van der Waals surface area contributed by atoms with Crippen molar-refractivity contribution < 1.29 is 37.3 Å². The van der Waals surface area contributed by atoms with Crippen LogP contribution in [0.15, 0.2) is 36.5 Å². The number of esters is 1. The van der Waals surface area contributed by atoms with Gasteiger partial charge >= 0.3 is 5.97 Å². The quantitative estimate of drug-likeness (QED) is 0.0212. The van der Waals surface area contributed by atoms with E-state index in [2.05, 4.69) is 50.4 Å². The molecule has 0 aromatic rings. The number of carbonyl (C=O) groups excluding carboxylic acids is 2. The fourth-order valence-electron chi connectivity index (χ4n) is 12.0. The first-order chi connectivity index (χ1) is 43.4. The van der Waals surface area contributed by atoms with E-state index in [0.717, 1.165) is 64.2 Å². The first-order valence-electron chi connectivity index (χ1n) is 39.3. The van der Waals surface area contributed by atoms with Crippen molar-refractivity contribution in [3.63, 3.8) is 0 Å². The highest BCUT2D eigenvalue weighted by Gasteiger charge is 2.27. The molecule has 0 saturated carbocycles. The summed E-state index contributed by atoms with van der Waals surface area (Å²) in [5.74, 6) is -0.517. The first-order valence-corrected chi connectivity index (χ1v) is 40.8. The second kappa shape index (κ2) is 69.1. The largest absolute Gasteiger partial charge is 0.756 e. The molecular formula is C79H153N2O7P. The van der Waals surface area contributed by atoms with Crippen LogP contribution < -0.4 is 10.2 Å². The van der Waals surface area contributed by atoms with E-state index < -0.39 is 20.0 Å². The molecule has 1 N–H and O–H groups in total. The highest BCUT2D eigenvalue weighted by atomic mass is 31.2. The molecule has 3 unspecified atom stereocenters. The molecule has 1 amide bonds. The number of phosphoric ester groups is 1. The molecule has 3 atom stereocenters. The number of phosphoric acid groups is 1. The van der Waals surface area contributed by atoms with E-state index in [0.29, 0.717) is 17.4 Å². The SMILES string of the molecule is CCCCC/C=C\C/C=C\CCCCCCCCCCCCCCCC(=O)NC(COP(=O)([O-])OCC[N+](C)(C)C)C(/C=C/CCCCCCCCCCCCC)OC(=O)CCCCCCCCCCCCCCCCCCCCCCCCCCCCC. The minimum absolute atomic E-state index is 0.0191. The molecule has 0 aliphatic heterocycles. The van der Waals surface area contributed by atoms with E-state index in [4.69, 9.17) is 13.8 Å². The summed E-state index contributed by atoms with van der Waals surface area (Å²) in [6, 6.07) is -0.886. The third kappa shape index (κ3) is 70.4. The number of hydrogen-bond acceptors (Lipinski definition) is 7. The second-order valence-electron chi connectivity index (χ2n) is 28.2. The fraction of sp³-hybridized carbons (Fsp3) is 0.899. The number of likely N-dealkylation sites (N-methyl/N-ethyl adjacent to an activating group) is 1. The Hall–Kier alpha value is -1.77.